The Kier molecular flexibility index (Phi) is 6.90. The van der Waals surface area contributed by atoms with Crippen LogP contribution in [0.25, 0.3) is 6.08 Å². The molecule has 0 saturated carbocycles. The van der Waals surface area contributed by atoms with E-state index in [1.807, 2.05) is 62.4 Å². The van der Waals surface area contributed by atoms with Gasteiger partial charge < -0.3 is 10.1 Å². The second kappa shape index (κ2) is 9.78. The molecule has 0 saturated heterocycles. The molecule has 0 aliphatic rings. The van der Waals surface area contributed by atoms with Gasteiger partial charge in [-0.3, -0.25) is 4.79 Å². The Morgan fingerprint density at radius 3 is 2.50 bits per heavy atom. The summed E-state index contributed by atoms with van der Waals surface area (Å²) in [4.78, 5) is 12.5. The van der Waals surface area contributed by atoms with Gasteiger partial charge in [-0.2, -0.15) is 5.26 Å². The Morgan fingerprint density at radius 2 is 1.83 bits per heavy atom. The lowest BCUT2D eigenvalue weighted by molar-refractivity contribution is -0.112. The zero-order chi connectivity index (χ0) is 21.5. The van der Waals surface area contributed by atoms with Crippen LogP contribution in [0.4, 0.5) is 5.69 Å². The average Bonchev–Trinajstić information content (AvgIpc) is 2.74. The van der Waals surface area contributed by atoms with Crippen LogP contribution >= 0.6 is 11.6 Å². The van der Waals surface area contributed by atoms with Gasteiger partial charge in [-0.1, -0.05) is 65.7 Å². The topological polar surface area (TPSA) is 62.1 Å². The zero-order valence-electron chi connectivity index (χ0n) is 16.8. The van der Waals surface area contributed by atoms with Crippen LogP contribution in [-0.4, -0.2) is 5.91 Å². The van der Waals surface area contributed by atoms with Crippen LogP contribution in [0.3, 0.4) is 0 Å². The van der Waals surface area contributed by atoms with Crippen LogP contribution in [0.1, 0.15) is 22.3 Å². The molecule has 0 bridgehead atoms. The summed E-state index contributed by atoms with van der Waals surface area (Å²) in [7, 11) is 0. The molecule has 0 aromatic heterocycles. The summed E-state index contributed by atoms with van der Waals surface area (Å²) in [5.41, 5.74) is 4.44. The Morgan fingerprint density at radius 1 is 1.10 bits per heavy atom. The number of nitrogens with one attached hydrogen (secondary N) is 1. The summed E-state index contributed by atoms with van der Waals surface area (Å²) in [6.07, 6.45) is 1.50. The van der Waals surface area contributed by atoms with Crippen LogP contribution in [0, 0.1) is 25.2 Å². The van der Waals surface area contributed by atoms with Crippen molar-refractivity contribution in [3.8, 4) is 11.8 Å². The van der Waals surface area contributed by atoms with Crippen molar-refractivity contribution in [3.05, 3.63) is 99.6 Å². The fraction of sp³-hybridized carbons (Fsp3) is 0.120. The van der Waals surface area contributed by atoms with E-state index in [1.165, 1.54) is 11.6 Å². The maximum atomic E-state index is 12.5. The first-order valence-electron chi connectivity index (χ1n) is 9.43. The van der Waals surface area contributed by atoms with Gasteiger partial charge in [-0.15, -0.1) is 0 Å². The number of aryl methyl sites for hydroxylation is 2. The van der Waals surface area contributed by atoms with Gasteiger partial charge in [0, 0.05) is 5.69 Å². The summed E-state index contributed by atoms with van der Waals surface area (Å²) in [5, 5.41) is 12.6. The molecule has 150 valence electrons. The van der Waals surface area contributed by atoms with Gasteiger partial charge in [0.2, 0.25) is 0 Å². The second-order valence-electron chi connectivity index (χ2n) is 6.90. The molecular formula is C25H21ClN2O2. The highest BCUT2D eigenvalue weighted by Crippen LogP contribution is 2.27. The molecule has 0 aliphatic heterocycles. The van der Waals surface area contributed by atoms with Crippen LogP contribution < -0.4 is 10.1 Å². The molecule has 1 N–H and O–H groups in total. The number of carbonyl (C=O) groups is 1. The predicted octanol–water partition coefficient (Wildman–Crippen LogP) is 6.08. The third-order valence-corrected chi connectivity index (χ3v) is 4.84. The minimum Gasteiger partial charge on any atom is -0.487 e. The first-order valence-corrected chi connectivity index (χ1v) is 9.81. The van der Waals surface area contributed by atoms with Gasteiger partial charge in [0.1, 0.15) is 24.0 Å². The number of ether oxygens (including phenoxy) is 1. The Balaban J connectivity index is 1.71. The van der Waals surface area contributed by atoms with Crippen molar-refractivity contribution in [1.29, 1.82) is 5.26 Å². The predicted molar refractivity (Wildman–Crippen MR) is 120 cm³/mol. The van der Waals surface area contributed by atoms with E-state index in [9.17, 15) is 10.1 Å². The first kappa shape index (κ1) is 21.2. The smallest absolute Gasteiger partial charge is 0.266 e. The number of amides is 1. The van der Waals surface area contributed by atoms with Crippen molar-refractivity contribution in [2.24, 2.45) is 0 Å². The Bertz CT molecular complexity index is 1130. The largest absolute Gasteiger partial charge is 0.487 e. The molecule has 5 heteroatoms. The van der Waals surface area contributed by atoms with Gasteiger partial charge in [0.15, 0.2) is 0 Å². The maximum absolute atomic E-state index is 12.5. The average molecular weight is 417 g/mol. The number of anilines is 1. The minimum absolute atomic E-state index is 0.0114. The third kappa shape index (κ3) is 5.50. The summed E-state index contributed by atoms with van der Waals surface area (Å²) >= 11 is 6.34. The van der Waals surface area contributed by atoms with Crippen LogP contribution in [0.5, 0.6) is 5.75 Å². The lowest BCUT2D eigenvalue weighted by Gasteiger charge is -2.10. The van der Waals surface area contributed by atoms with E-state index < -0.39 is 5.91 Å². The minimum atomic E-state index is -0.470. The molecular weight excluding hydrogens is 396 g/mol. The molecule has 4 nitrogen and oxygen atoms in total. The number of para-hydroxylation sites is 1. The zero-order valence-corrected chi connectivity index (χ0v) is 17.5. The lowest BCUT2D eigenvalue weighted by atomic mass is 10.1. The normalized spacial score (nSPS) is 10.9. The number of nitriles is 1. The van der Waals surface area contributed by atoms with Crippen molar-refractivity contribution in [1.82, 2.24) is 0 Å². The van der Waals surface area contributed by atoms with E-state index in [2.05, 4.69) is 5.32 Å². The number of halogens is 1. The Hall–Kier alpha value is -3.55. The summed E-state index contributed by atoms with van der Waals surface area (Å²) < 4.78 is 5.79. The number of carbonyl (C=O) groups excluding carboxylic acids is 1. The summed E-state index contributed by atoms with van der Waals surface area (Å²) in [5.74, 6) is 0.0693. The van der Waals surface area contributed by atoms with E-state index in [1.54, 1.807) is 24.3 Å². The van der Waals surface area contributed by atoms with Gasteiger partial charge in [-0.05, 0) is 54.8 Å². The fourth-order valence-electron chi connectivity index (χ4n) is 2.79. The van der Waals surface area contributed by atoms with Crippen molar-refractivity contribution in [2.75, 3.05) is 5.32 Å². The monoisotopic (exact) mass is 416 g/mol. The first-order chi connectivity index (χ1) is 14.5. The number of nitrogens with zero attached hydrogens (tertiary/aromatic N) is 1. The number of hydrogen-bond donors (Lipinski definition) is 1. The van der Waals surface area contributed by atoms with E-state index in [0.717, 1.165) is 11.1 Å². The van der Waals surface area contributed by atoms with Gasteiger partial charge in [0.25, 0.3) is 5.91 Å². The standard InChI is InChI=1S/C25H21ClN2O2/c1-17-7-9-19(10-8-17)16-30-24-12-11-20(14-22(24)26)13-21(15-27)25(29)28-23-6-4-3-5-18(23)2/h3-14H,16H2,1-2H3,(H,28,29)/b21-13+. The van der Waals surface area contributed by atoms with E-state index in [0.29, 0.717) is 28.6 Å². The number of hydrogen-bond acceptors (Lipinski definition) is 3. The SMILES string of the molecule is Cc1ccc(COc2ccc(/C=C(\C#N)C(=O)Nc3ccccc3C)cc2Cl)cc1. The van der Waals surface area contributed by atoms with Crippen LogP contribution in [0.2, 0.25) is 5.02 Å². The van der Waals surface area contributed by atoms with Crippen molar-refractivity contribution in [3.63, 3.8) is 0 Å². The lowest BCUT2D eigenvalue weighted by Crippen LogP contribution is -2.14. The van der Waals surface area contributed by atoms with Crippen LogP contribution in [-0.2, 0) is 11.4 Å². The van der Waals surface area contributed by atoms with Gasteiger partial charge >= 0.3 is 0 Å². The third-order valence-electron chi connectivity index (χ3n) is 4.54. The Labute approximate surface area is 181 Å². The highest BCUT2D eigenvalue weighted by Gasteiger charge is 2.11. The second-order valence-corrected chi connectivity index (χ2v) is 7.31. The summed E-state index contributed by atoms with van der Waals surface area (Å²) in [6.45, 7) is 4.32. The molecule has 30 heavy (non-hydrogen) atoms. The molecule has 0 unspecified atom stereocenters. The van der Waals surface area contributed by atoms with Gasteiger partial charge in [0.05, 0.1) is 5.02 Å². The molecule has 0 spiro atoms. The summed E-state index contributed by atoms with van der Waals surface area (Å²) in [6, 6.07) is 22.6. The molecule has 3 aromatic rings. The molecule has 0 heterocycles. The highest BCUT2D eigenvalue weighted by atomic mass is 35.5. The van der Waals surface area contributed by atoms with Crippen molar-refractivity contribution < 1.29 is 9.53 Å². The highest BCUT2D eigenvalue weighted by molar-refractivity contribution is 6.32. The van der Waals surface area contributed by atoms with E-state index >= 15 is 0 Å². The van der Waals surface area contributed by atoms with Crippen LogP contribution in [0.15, 0.2) is 72.3 Å². The molecule has 3 aromatic carbocycles. The molecule has 3 rings (SSSR count). The van der Waals surface area contributed by atoms with Crippen molar-refractivity contribution in [2.45, 2.75) is 20.5 Å². The molecule has 0 aliphatic carbocycles. The number of benzene rings is 3. The fourth-order valence-corrected chi connectivity index (χ4v) is 3.03. The quantitative estimate of drug-likeness (QED) is 0.391. The molecule has 1 amide bonds. The van der Waals surface area contributed by atoms with E-state index in [-0.39, 0.29) is 5.57 Å². The molecule has 0 fully saturated rings. The number of rotatable bonds is 6. The van der Waals surface area contributed by atoms with Gasteiger partial charge in [-0.25, -0.2) is 0 Å². The van der Waals surface area contributed by atoms with E-state index in [4.69, 9.17) is 16.3 Å². The molecule has 0 radical (unpaired) electrons. The maximum Gasteiger partial charge on any atom is 0.266 e. The van der Waals surface area contributed by atoms with Crippen molar-refractivity contribution >= 4 is 29.3 Å². The molecule has 0 atom stereocenters.